The number of pyridine rings is 2. The van der Waals surface area contributed by atoms with Gasteiger partial charge in [-0.15, -0.1) is 0 Å². The van der Waals surface area contributed by atoms with Gasteiger partial charge in [-0.05, 0) is 31.7 Å². The third-order valence-corrected chi connectivity index (χ3v) is 8.99. The van der Waals surface area contributed by atoms with Crippen molar-refractivity contribution in [2.24, 2.45) is 0 Å². The number of fused-ring (bicyclic) bond motifs is 1. The Kier molecular flexibility index (Phi) is 7.95. The predicted molar refractivity (Wildman–Crippen MR) is 155 cm³/mol. The van der Waals surface area contributed by atoms with Gasteiger partial charge in [-0.2, -0.15) is 9.40 Å². The quantitative estimate of drug-likeness (QED) is 0.333. The van der Waals surface area contributed by atoms with Crippen molar-refractivity contribution in [2.45, 2.75) is 51.5 Å². The van der Waals surface area contributed by atoms with Gasteiger partial charge in [-0.25, -0.2) is 18.4 Å². The summed E-state index contributed by atoms with van der Waals surface area (Å²) in [6.07, 6.45) is 3.00. The van der Waals surface area contributed by atoms with Crippen LogP contribution in [0.4, 0.5) is 0 Å². The summed E-state index contributed by atoms with van der Waals surface area (Å²) < 4.78 is 36.0. The Bertz CT molecular complexity index is 1700. The molecule has 5 heterocycles. The average Bonchev–Trinajstić information content (AvgIpc) is 3.33. The lowest BCUT2D eigenvalue weighted by Gasteiger charge is -2.33. The van der Waals surface area contributed by atoms with Crippen LogP contribution in [0, 0.1) is 0 Å². The maximum atomic E-state index is 13.6. The van der Waals surface area contributed by atoms with E-state index in [4.69, 9.17) is 14.8 Å². The molecule has 12 nitrogen and oxygen atoms in total. The minimum atomic E-state index is -3.82. The van der Waals surface area contributed by atoms with Gasteiger partial charge in [0.2, 0.25) is 15.9 Å². The first-order valence-corrected chi connectivity index (χ1v) is 15.2. The molecule has 13 heteroatoms. The van der Waals surface area contributed by atoms with Crippen LogP contribution in [0.15, 0.2) is 46.3 Å². The molecule has 0 atom stereocenters. The Balaban J connectivity index is 1.63. The second-order valence-corrected chi connectivity index (χ2v) is 12.9. The molecular weight excluding hydrogens is 544 g/mol. The number of rotatable bonds is 8. The summed E-state index contributed by atoms with van der Waals surface area (Å²) in [5, 5.41) is 4.78. The van der Waals surface area contributed by atoms with Crippen LogP contribution in [0.5, 0.6) is 5.88 Å². The molecule has 0 bridgehead atoms. The molecule has 1 aliphatic heterocycles. The number of ether oxygens (including phenoxy) is 1. The molecule has 5 rings (SSSR count). The van der Waals surface area contributed by atoms with Crippen molar-refractivity contribution in [1.29, 1.82) is 0 Å². The lowest BCUT2D eigenvalue weighted by molar-refractivity contribution is 0.196. The predicted octanol–water partition coefficient (Wildman–Crippen LogP) is 2.65. The highest BCUT2D eigenvalue weighted by Crippen LogP contribution is 2.32. The monoisotopic (exact) mass is 580 g/mol. The Morgan fingerprint density at radius 1 is 1.07 bits per heavy atom. The minimum absolute atomic E-state index is 0.0190. The van der Waals surface area contributed by atoms with Crippen LogP contribution in [0.3, 0.4) is 0 Å². The van der Waals surface area contributed by atoms with E-state index in [1.165, 1.54) is 16.6 Å². The number of hydrogen-bond acceptors (Lipinski definition) is 9. The number of H-pyrrole nitrogens is 1. The lowest BCUT2D eigenvalue weighted by Crippen LogP contribution is -2.48. The van der Waals surface area contributed by atoms with Crippen LogP contribution in [-0.2, 0) is 22.0 Å². The van der Waals surface area contributed by atoms with E-state index in [9.17, 15) is 13.2 Å². The fourth-order valence-electron chi connectivity index (χ4n) is 4.91. The molecule has 1 fully saturated rings. The summed E-state index contributed by atoms with van der Waals surface area (Å²) >= 11 is 0. The SMILES string of the molecule is CCOc1ncc(S(=O)(=O)N2CCN(CC)CC2)cc1-c1nc2c(C(C)(C)C)nn(Cc3ccccn3)c2c(=O)[nH]1. The number of hydrogen-bond donors (Lipinski definition) is 1. The molecule has 1 N–H and O–H groups in total. The highest BCUT2D eigenvalue weighted by atomic mass is 32.2. The third-order valence-electron chi connectivity index (χ3n) is 7.12. The van der Waals surface area contributed by atoms with Gasteiger partial charge in [0.05, 0.1) is 36.3 Å². The number of aromatic amines is 1. The van der Waals surface area contributed by atoms with Gasteiger partial charge in [0.15, 0.2) is 5.52 Å². The summed E-state index contributed by atoms with van der Waals surface area (Å²) in [6.45, 7) is 13.5. The fourth-order valence-corrected chi connectivity index (χ4v) is 6.31. The molecule has 1 saturated heterocycles. The molecule has 1 aliphatic rings. The van der Waals surface area contributed by atoms with Crippen molar-refractivity contribution in [3.63, 3.8) is 0 Å². The van der Waals surface area contributed by atoms with Crippen molar-refractivity contribution >= 4 is 21.1 Å². The van der Waals surface area contributed by atoms with Gasteiger partial charge < -0.3 is 14.6 Å². The lowest BCUT2D eigenvalue weighted by atomic mass is 9.91. The maximum Gasteiger partial charge on any atom is 0.277 e. The molecule has 4 aromatic heterocycles. The zero-order chi connectivity index (χ0) is 29.4. The molecule has 41 heavy (non-hydrogen) atoms. The Labute approximate surface area is 239 Å². The maximum absolute atomic E-state index is 13.6. The molecule has 0 radical (unpaired) electrons. The molecule has 0 aliphatic carbocycles. The van der Waals surface area contributed by atoms with E-state index in [0.29, 0.717) is 56.1 Å². The number of likely N-dealkylation sites (N-methyl/N-ethyl adjacent to an activating group) is 1. The topological polar surface area (TPSA) is 139 Å². The standard InChI is InChI=1S/C28H36N8O4S/c1-6-34-12-14-35(15-13-34)41(38,39)20-16-21(27(30-17-20)40-7-2)25-31-22-23(26(37)32-25)36(33-24(22)28(3,4)5)18-19-10-8-9-11-29-19/h8-11,16-17H,6-7,12-15,18H2,1-5H3,(H,31,32,37). The minimum Gasteiger partial charge on any atom is -0.477 e. The normalized spacial score (nSPS) is 15.4. The first-order chi connectivity index (χ1) is 19.5. The van der Waals surface area contributed by atoms with Gasteiger partial charge in [0.25, 0.3) is 5.56 Å². The molecule has 0 unspecified atom stereocenters. The summed E-state index contributed by atoms with van der Waals surface area (Å²) in [6, 6.07) is 7.06. The van der Waals surface area contributed by atoms with Crippen molar-refractivity contribution in [3.05, 3.63) is 58.4 Å². The number of piperazine rings is 1. The van der Waals surface area contributed by atoms with Crippen molar-refractivity contribution in [2.75, 3.05) is 39.3 Å². The van der Waals surface area contributed by atoms with Crippen molar-refractivity contribution in [3.8, 4) is 17.3 Å². The van der Waals surface area contributed by atoms with Crippen LogP contribution < -0.4 is 10.3 Å². The van der Waals surface area contributed by atoms with Crippen LogP contribution in [0.1, 0.15) is 46.0 Å². The molecule has 218 valence electrons. The van der Waals surface area contributed by atoms with E-state index in [0.717, 1.165) is 12.2 Å². The van der Waals surface area contributed by atoms with Gasteiger partial charge in [-0.3, -0.25) is 14.5 Å². The number of aromatic nitrogens is 6. The third kappa shape index (κ3) is 5.74. The highest BCUT2D eigenvalue weighted by Gasteiger charge is 2.31. The highest BCUT2D eigenvalue weighted by molar-refractivity contribution is 7.89. The van der Waals surface area contributed by atoms with E-state index in [2.05, 4.69) is 26.8 Å². The molecule has 4 aromatic rings. The fraction of sp³-hybridized carbons (Fsp3) is 0.464. The summed E-state index contributed by atoms with van der Waals surface area (Å²) in [5.41, 5.74) is 1.58. The van der Waals surface area contributed by atoms with Gasteiger partial charge in [-0.1, -0.05) is 33.8 Å². The van der Waals surface area contributed by atoms with Gasteiger partial charge in [0, 0.05) is 37.8 Å². The Hall–Kier alpha value is -3.68. The summed E-state index contributed by atoms with van der Waals surface area (Å²) in [4.78, 5) is 32.3. The number of sulfonamides is 1. The first-order valence-electron chi connectivity index (χ1n) is 13.8. The Morgan fingerprint density at radius 3 is 2.46 bits per heavy atom. The van der Waals surface area contributed by atoms with Gasteiger partial charge in [0.1, 0.15) is 16.2 Å². The number of nitrogens with zero attached hydrogens (tertiary/aromatic N) is 7. The molecular formula is C28H36N8O4S. The van der Waals surface area contributed by atoms with E-state index in [1.807, 2.05) is 45.9 Å². The molecule has 0 spiro atoms. The smallest absolute Gasteiger partial charge is 0.277 e. The Morgan fingerprint density at radius 2 is 1.83 bits per heavy atom. The van der Waals surface area contributed by atoms with Crippen LogP contribution in [0.25, 0.3) is 22.4 Å². The van der Waals surface area contributed by atoms with Crippen molar-refractivity contribution in [1.82, 2.24) is 38.9 Å². The molecule has 0 amide bonds. The zero-order valence-corrected chi connectivity index (χ0v) is 24.9. The average molecular weight is 581 g/mol. The first kappa shape index (κ1) is 28.8. The zero-order valence-electron chi connectivity index (χ0n) is 24.1. The largest absolute Gasteiger partial charge is 0.477 e. The van der Waals surface area contributed by atoms with E-state index < -0.39 is 21.0 Å². The van der Waals surface area contributed by atoms with E-state index in [1.54, 1.807) is 10.9 Å². The van der Waals surface area contributed by atoms with Crippen LogP contribution in [-0.4, -0.2) is 86.7 Å². The second kappa shape index (κ2) is 11.3. The van der Waals surface area contributed by atoms with Gasteiger partial charge >= 0.3 is 0 Å². The van der Waals surface area contributed by atoms with E-state index >= 15 is 0 Å². The molecule has 0 aromatic carbocycles. The van der Waals surface area contributed by atoms with Crippen molar-refractivity contribution < 1.29 is 13.2 Å². The van der Waals surface area contributed by atoms with E-state index in [-0.39, 0.29) is 22.2 Å². The van der Waals surface area contributed by atoms with Crippen LogP contribution >= 0.6 is 0 Å². The summed E-state index contributed by atoms with van der Waals surface area (Å²) in [5.74, 6) is 0.345. The van der Waals surface area contributed by atoms with Crippen LogP contribution in [0.2, 0.25) is 0 Å². The molecule has 0 saturated carbocycles. The second-order valence-electron chi connectivity index (χ2n) is 11.0. The summed E-state index contributed by atoms with van der Waals surface area (Å²) in [7, 11) is -3.82. The number of nitrogens with one attached hydrogen (secondary N) is 1.